The molecule has 324 valence electrons. The first-order valence-electron chi connectivity index (χ1n) is 22.0. The number of carbonyl (C=O) groups excluding carboxylic acids is 1. The van der Waals surface area contributed by atoms with Gasteiger partial charge in [0.2, 0.25) is 10.0 Å². The summed E-state index contributed by atoms with van der Waals surface area (Å²) in [6.45, 7) is 13.5. The number of ether oxygens (including phenoxy) is 4. The van der Waals surface area contributed by atoms with Crippen LogP contribution in [-0.2, 0) is 37.3 Å². The second kappa shape index (κ2) is 19.1. The summed E-state index contributed by atoms with van der Waals surface area (Å²) >= 11 is 6.45. The van der Waals surface area contributed by atoms with Crippen LogP contribution < -0.4 is 14.4 Å². The Morgan fingerprint density at radius 1 is 0.932 bits per heavy atom. The Hall–Kier alpha value is -2.75. The largest absolute Gasteiger partial charge is 0.487 e. The minimum absolute atomic E-state index is 0.244. The van der Waals surface area contributed by atoms with E-state index in [1.165, 1.54) is 5.56 Å². The van der Waals surface area contributed by atoms with E-state index in [4.69, 9.17) is 30.5 Å². The molecule has 2 bridgehead atoms. The zero-order chi connectivity index (χ0) is 41.0. The van der Waals surface area contributed by atoms with Gasteiger partial charge in [-0.3, -0.25) is 19.5 Å². The molecule has 2 aromatic carbocycles. The Balaban J connectivity index is 1.15. The normalized spacial score (nSPS) is 31.9. The number of fused-ring (bicyclic) bond motifs is 4. The van der Waals surface area contributed by atoms with Gasteiger partial charge < -0.3 is 23.8 Å². The van der Waals surface area contributed by atoms with Gasteiger partial charge in [0.1, 0.15) is 18.0 Å². The summed E-state index contributed by atoms with van der Waals surface area (Å²) in [6.07, 6.45) is 10.3. The molecule has 4 fully saturated rings. The molecule has 5 heterocycles. The molecule has 0 spiro atoms. The molecular weight excluding hydrogens is 790 g/mol. The minimum atomic E-state index is -4.08. The quantitative estimate of drug-likeness (QED) is 0.386. The number of rotatable bonds is 6. The van der Waals surface area contributed by atoms with Gasteiger partial charge in [0.25, 0.3) is 5.91 Å². The highest BCUT2D eigenvalue weighted by molar-refractivity contribution is 7.90. The Morgan fingerprint density at radius 3 is 2.59 bits per heavy atom. The lowest BCUT2D eigenvalue weighted by Crippen LogP contribution is -2.62. The zero-order valence-electron chi connectivity index (χ0n) is 35.0. The number of carbonyl (C=O) groups is 1. The molecule has 1 saturated carbocycles. The molecule has 5 aliphatic heterocycles. The van der Waals surface area contributed by atoms with E-state index in [2.05, 4.69) is 36.5 Å². The van der Waals surface area contributed by atoms with Crippen molar-refractivity contribution in [3.63, 3.8) is 0 Å². The van der Waals surface area contributed by atoms with Crippen molar-refractivity contribution < 1.29 is 32.2 Å². The minimum Gasteiger partial charge on any atom is -0.487 e. The predicted molar refractivity (Wildman–Crippen MR) is 231 cm³/mol. The summed E-state index contributed by atoms with van der Waals surface area (Å²) in [7, 11) is -2.22. The van der Waals surface area contributed by atoms with Gasteiger partial charge in [-0.05, 0) is 111 Å². The maximum Gasteiger partial charge on any atom is 0.264 e. The lowest BCUT2D eigenvalue weighted by atomic mass is 9.63. The Morgan fingerprint density at radius 2 is 1.78 bits per heavy atom. The molecule has 0 radical (unpaired) electrons. The second-order valence-corrected chi connectivity index (χ2v) is 20.1. The van der Waals surface area contributed by atoms with E-state index < -0.39 is 26.8 Å². The number of nitrogens with zero attached hydrogens (tertiary/aromatic N) is 4. The number of piperazine rings is 1. The third-order valence-corrected chi connectivity index (χ3v) is 16.3. The Labute approximate surface area is 356 Å². The van der Waals surface area contributed by atoms with Crippen molar-refractivity contribution >= 4 is 33.2 Å². The van der Waals surface area contributed by atoms with Crippen LogP contribution in [0.5, 0.6) is 5.75 Å². The number of anilines is 1. The summed E-state index contributed by atoms with van der Waals surface area (Å²) in [4.78, 5) is 23.9. The fraction of sp³-hybridized carbons (Fsp3) is 0.667. The molecular formula is C45H64ClN5O7S. The van der Waals surface area contributed by atoms with Crippen LogP contribution in [0.3, 0.4) is 0 Å². The van der Waals surface area contributed by atoms with Crippen molar-refractivity contribution in [2.45, 2.75) is 75.4 Å². The number of nitrogens with one attached hydrogen (secondary N) is 1. The molecule has 12 nitrogen and oxygen atoms in total. The van der Waals surface area contributed by atoms with E-state index in [9.17, 15) is 13.2 Å². The van der Waals surface area contributed by atoms with Crippen molar-refractivity contribution in [1.29, 1.82) is 0 Å². The summed E-state index contributed by atoms with van der Waals surface area (Å²) < 4.78 is 56.3. The molecule has 8 rings (SSSR count). The number of sulfonamides is 1. The number of hydrogen-bond acceptors (Lipinski definition) is 11. The van der Waals surface area contributed by atoms with Gasteiger partial charge in [-0.1, -0.05) is 36.7 Å². The number of allylic oxidation sites excluding steroid dienone is 1. The summed E-state index contributed by atoms with van der Waals surface area (Å²) in [6, 6.07) is 11.8. The SMILES string of the molecule is CO[C@@]1(CN2CCN3CCOC[C@@H]3C2)/C=C/C[C@H](C)[C@@H](CCN2CCOCC2)S(=O)(=O)NC(=O)c2ccc3c(c2)N(CCCCc2cc(Cl)ccc2CO3)C[C@@H]2CC[C@H]21. The van der Waals surface area contributed by atoms with Gasteiger partial charge in [0.05, 0.1) is 37.4 Å². The van der Waals surface area contributed by atoms with Crippen LogP contribution >= 0.6 is 11.6 Å². The fourth-order valence-corrected chi connectivity index (χ4v) is 12.3. The van der Waals surface area contributed by atoms with E-state index in [0.29, 0.717) is 67.5 Å². The monoisotopic (exact) mass is 853 g/mol. The zero-order valence-corrected chi connectivity index (χ0v) is 36.6. The summed E-state index contributed by atoms with van der Waals surface area (Å²) in [5.74, 6) is 0.379. The van der Waals surface area contributed by atoms with Gasteiger partial charge in [-0.2, -0.15) is 0 Å². The van der Waals surface area contributed by atoms with Crippen LogP contribution in [-0.4, -0.2) is 145 Å². The highest BCUT2D eigenvalue weighted by Crippen LogP contribution is 2.47. The van der Waals surface area contributed by atoms with Gasteiger partial charge in [-0.15, -0.1) is 0 Å². The van der Waals surface area contributed by atoms with Crippen LogP contribution in [0.1, 0.15) is 66.9 Å². The molecule has 1 amide bonds. The Kier molecular flexibility index (Phi) is 13.9. The van der Waals surface area contributed by atoms with Crippen molar-refractivity contribution in [3.05, 3.63) is 70.3 Å². The van der Waals surface area contributed by atoms with E-state index in [1.807, 2.05) is 44.4 Å². The van der Waals surface area contributed by atoms with E-state index in [-0.39, 0.29) is 11.8 Å². The van der Waals surface area contributed by atoms with Crippen LogP contribution in [0.2, 0.25) is 5.02 Å². The maximum absolute atomic E-state index is 14.4. The number of benzene rings is 2. The molecule has 6 aliphatic rings. The Bertz CT molecular complexity index is 1910. The fourth-order valence-electron chi connectivity index (χ4n) is 10.5. The predicted octanol–water partition coefficient (Wildman–Crippen LogP) is 5.24. The molecule has 3 saturated heterocycles. The van der Waals surface area contributed by atoms with Crippen LogP contribution in [0.15, 0.2) is 48.6 Å². The topological polar surface area (TPSA) is 113 Å². The first kappa shape index (κ1) is 42.9. The smallest absolute Gasteiger partial charge is 0.264 e. The van der Waals surface area contributed by atoms with E-state index in [1.54, 1.807) is 6.07 Å². The van der Waals surface area contributed by atoms with Crippen molar-refractivity contribution in [1.82, 2.24) is 19.4 Å². The van der Waals surface area contributed by atoms with Crippen molar-refractivity contribution in [3.8, 4) is 5.75 Å². The third-order valence-electron chi connectivity index (χ3n) is 14.1. The molecule has 6 atom stereocenters. The average Bonchev–Trinajstić information content (AvgIpc) is 3.25. The highest BCUT2D eigenvalue weighted by Gasteiger charge is 2.49. The van der Waals surface area contributed by atoms with Gasteiger partial charge in [0, 0.05) is 82.6 Å². The second-order valence-electron chi connectivity index (χ2n) is 17.8. The van der Waals surface area contributed by atoms with Crippen molar-refractivity contribution in [2.75, 3.05) is 104 Å². The van der Waals surface area contributed by atoms with Gasteiger partial charge in [0.15, 0.2) is 0 Å². The molecule has 14 heteroatoms. The maximum atomic E-state index is 14.4. The molecule has 1 N–H and O–H groups in total. The highest BCUT2D eigenvalue weighted by atomic mass is 35.5. The molecule has 2 aromatic rings. The first-order valence-corrected chi connectivity index (χ1v) is 24.0. The summed E-state index contributed by atoms with van der Waals surface area (Å²) in [5.41, 5.74) is 2.83. The number of amides is 1. The third kappa shape index (κ3) is 9.99. The van der Waals surface area contributed by atoms with Crippen LogP contribution in [0, 0.1) is 17.8 Å². The van der Waals surface area contributed by atoms with Crippen LogP contribution in [0.25, 0.3) is 0 Å². The molecule has 59 heavy (non-hydrogen) atoms. The average molecular weight is 855 g/mol. The molecule has 1 aliphatic carbocycles. The van der Waals surface area contributed by atoms with Crippen LogP contribution in [0.4, 0.5) is 5.69 Å². The number of methoxy groups -OCH3 is 1. The number of hydrogen-bond donors (Lipinski definition) is 1. The van der Waals surface area contributed by atoms with E-state index >= 15 is 0 Å². The lowest BCUT2D eigenvalue weighted by molar-refractivity contribution is -0.108. The lowest BCUT2D eigenvalue weighted by Gasteiger charge is -2.53. The molecule has 0 unspecified atom stereocenters. The van der Waals surface area contributed by atoms with Gasteiger partial charge >= 0.3 is 0 Å². The van der Waals surface area contributed by atoms with Gasteiger partial charge in [-0.25, -0.2) is 13.1 Å². The van der Waals surface area contributed by atoms with E-state index in [0.717, 1.165) is 115 Å². The first-order chi connectivity index (χ1) is 28.6. The number of morpholine rings is 2. The summed E-state index contributed by atoms with van der Waals surface area (Å²) in [5, 5.41) is -0.0676. The molecule has 0 aromatic heterocycles. The number of aryl methyl sites for hydroxylation is 1. The standard InChI is InChI=1S/C45H64ClN5O7S/c1-33-6-5-15-45(55-2,32-49-18-19-50-22-25-57-31-39(50)29-49)40-12-9-36(40)28-51-16-4-3-7-34-26-38(46)11-8-37(34)30-58-42-13-10-35(27-41(42)51)44(52)47-59(53,54)43(33)14-17-48-20-23-56-24-21-48/h5,8,10-11,13,15,26-27,33,36,39-40,43H,3-4,6-7,9,12,14,16-25,28-32H2,1-2H3,(H,47,52)/b15-5+/t33-,36-,39-,40+,43+,45+/m0/s1. The number of halogens is 1. The van der Waals surface area contributed by atoms with Crippen molar-refractivity contribution in [2.24, 2.45) is 17.8 Å².